The van der Waals surface area contributed by atoms with Crippen molar-refractivity contribution in [3.8, 4) is 20.9 Å². The van der Waals surface area contributed by atoms with Crippen LogP contribution in [0.5, 0.6) is 0 Å². The Bertz CT molecular complexity index is 2510. The molecule has 10 atom stereocenters. The third kappa shape index (κ3) is 25.7. The van der Waals surface area contributed by atoms with E-state index in [4.69, 9.17) is 9.47 Å². The number of halogens is 8. The van der Waals surface area contributed by atoms with E-state index in [0.717, 1.165) is 52.4 Å². The Balaban J connectivity index is 0.000000554. The maximum absolute atomic E-state index is 13.2. The Hall–Kier alpha value is 2.66. The zero-order valence-corrected chi connectivity index (χ0v) is 65.6. The maximum atomic E-state index is 13.2. The number of thiophene rings is 2. The third-order valence-corrected chi connectivity index (χ3v) is 17.0. The van der Waals surface area contributed by atoms with Gasteiger partial charge in [0.1, 0.15) is 11.6 Å². The van der Waals surface area contributed by atoms with Crippen molar-refractivity contribution < 1.29 is 32.6 Å². The Morgan fingerprint density at radius 2 is 0.934 bits per heavy atom. The van der Waals surface area contributed by atoms with Crippen molar-refractivity contribution in [1.29, 1.82) is 0 Å². The van der Waals surface area contributed by atoms with E-state index in [1.807, 2.05) is 24.3 Å². The zero-order valence-electron chi connectivity index (χ0n) is 45.6. The van der Waals surface area contributed by atoms with E-state index < -0.39 is 0 Å². The van der Waals surface area contributed by atoms with Crippen LogP contribution in [0.3, 0.4) is 0 Å². The molecule has 2 aromatic heterocycles. The van der Waals surface area contributed by atoms with Gasteiger partial charge < -0.3 is 36.5 Å². The molecule has 8 rings (SSSR count). The minimum absolute atomic E-state index is 0. The summed E-state index contributed by atoms with van der Waals surface area (Å²) in [5.74, 6) is 3.59. The Labute approximate surface area is 565 Å². The van der Waals surface area contributed by atoms with Gasteiger partial charge >= 0.3 is 114 Å². The summed E-state index contributed by atoms with van der Waals surface area (Å²) in [6.45, 7) is 27.2. The number of aryl methyl sites for hydroxylation is 3. The molecule has 2 saturated heterocycles. The second-order valence-electron chi connectivity index (χ2n) is 19.3. The van der Waals surface area contributed by atoms with Gasteiger partial charge in [0.05, 0.1) is 24.4 Å². The molecule has 0 amide bonds. The molecule has 6 aromatic rings. The average Bonchev–Trinajstić information content (AvgIpc) is 4.05. The summed E-state index contributed by atoms with van der Waals surface area (Å²) in [6, 6.07) is 35.6. The smallest absolute Gasteiger partial charge is 0.813 e. The first-order valence-corrected chi connectivity index (χ1v) is 51.5. The monoisotopic (exact) mass is 1880 g/mol. The minimum Gasteiger partial charge on any atom is -0.813 e. The molecule has 0 N–H and O–H groups in total. The van der Waals surface area contributed by atoms with Crippen LogP contribution < -0.4 is 0 Å². The molecule has 0 spiro atoms. The molecule has 2 aliphatic heterocycles. The third-order valence-electron chi connectivity index (χ3n) is 14.7. The van der Waals surface area contributed by atoms with Crippen LogP contribution in [-0.4, -0.2) is 22.1 Å². The fourth-order valence-corrected chi connectivity index (χ4v) is 11.6. The number of hydrogen-bond donors (Lipinski definition) is 1. The minimum atomic E-state index is -0.278. The normalized spacial score (nSPS) is 22.3. The summed E-state index contributed by atoms with van der Waals surface area (Å²) >= 11 is 21.6. The molecule has 1 unspecified atom stereocenters. The summed E-state index contributed by atoms with van der Waals surface area (Å²) < 4.78 is 39.7. The molecule has 17 heteroatoms. The number of hydrogen-bond acceptors (Lipinski definition) is 7. The molecule has 0 saturated carbocycles. The molecular formula is C59H77F2I6O2S5V2-2. The predicted molar refractivity (Wildman–Crippen MR) is 385 cm³/mol. The van der Waals surface area contributed by atoms with Crippen LogP contribution >= 0.6 is 158 Å². The van der Waals surface area contributed by atoms with Crippen molar-refractivity contribution in [1.82, 2.24) is 0 Å². The second-order valence-corrected chi connectivity index (χ2v) is 71.1. The summed E-state index contributed by atoms with van der Waals surface area (Å²) in [6.07, 6.45) is 5.52. The van der Waals surface area contributed by atoms with Gasteiger partial charge in [0.25, 0.3) is 0 Å². The second kappa shape index (κ2) is 40.9. The zero-order chi connectivity index (χ0) is 55.2. The molecule has 0 radical (unpaired) electrons. The maximum Gasteiger partial charge on any atom is -0.813 e. The first-order valence-electron chi connectivity index (χ1n) is 25.1. The number of benzene rings is 4. The summed E-state index contributed by atoms with van der Waals surface area (Å²) in [4.78, 5) is 4.76. The fraction of sp³-hybridized carbons (Fsp3) is 0.458. The molecule has 4 heterocycles. The number of ether oxygens (including phenoxy) is 2. The van der Waals surface area contributed by atoms with E-state index in [1.54, 1.807) is 22.7 Å². The van der Waals surface area contributed by atoms with Gasteiger partial charge in [-0.2, -0.15) is 12.6 Å². The van der Waals surface area contributed by atoms with E-state index in [0.29, 0.717) is 51.4 Å². The van der Waals surface area contributed by atoms with E-state index in [-0.39, 0.29) is 49.7 Å². The van der Waals surface area contributed by atoms with Gasteiger partial charge in [-0.05, 0) is 164 Å². The Kier molecular flexibility index (Phi) is 41.2. The van der Waals surface area contributed by atoms with Crippen LogP contribution in [0.1, 0.15) is 124 Å². The SMILES string of the molecule is CC[C@H]1OC(C)[C@H](C)[C@@H](C)[C@@H]1C.CC[C@H]1O[C@@H](c2ccc(C)c(Cc3ccc(-c4ccc(F)cc4)s3)c2)[C@H](C)[C@@H](C)[C@@H]1C.Cc1ccc(C)c(Cc2ccc(-c3ccc(F)cc3)s2)c1.SCI.[I][V]([I])[I].[I][V][I].[SH-].[SH-]. The summed E-state index contributed by atoms with van der Waals surface area (Å²) in [5.41, 5.74) is 10.1. The van der Waals surface area contributed by atoms with E-state index in [2.05, 4.69) is 279 Å². The van der Waals surface area contributed by atoms with Crippen molar-refractivity contribution in [2.75, 3.05) is 3.76 Å². The van der Waals surface area contributed by atoms with Crippen molar-refractivity contribution in [2.45, 2.75) is 133 Å². The first-order chi connectivity index (χ1) is 35.1. The Morgan fingerprint density at radius 3 is 1.36 bits per heavy atom. The van der Waals surface area contributed by atoms with Crippen LogP contribution in [0.25, 0.3) is 20.9 Å². The van der Waals surface area contributed by atoms with Gasteiger partial charge in [-0.25, -0.2) is 8.78 Å². The van der Waals surface area contributed by atoms with Gasteiger partial charge in [0, 0.05) is 36.1 Å². The van der Waals surface area contributed by atoms with Gasteiger partial charge in [0.15, 0.2) is 0 Å². The fourth-order valence-electron chi connectivity index (χ4n) is 9.53. The molecule has 0 aliphatic carbocycles. The molecular weight excluding hydrogens is 1800 g/mol. The van der Waals surface area contributed by atoms with Crippen LogP contribution in [0.2, 0.25) is 0 Å². The number of rotatable bonds is 9. The Morgan fingerprint density at radius 1 is 0.553 bits per heavy atom. The molecule has 0 bridgehead atoms. The topological polar surface area (TPSA) is 18.5 Å². The first kappa shape index (κ1) is 76.7. The number of alkyl halides is 1. The van der Waals surface area contributed by atoms with Gasteiger partial charge in [-0.1, -0.05) is 144 Å². The standard InChI is InChI=1S/C28H33FOS.C19H17FS.C11H22O.CH3IS.5HI.2H2S.2V/c1-6-26-19(4)18(3)20(5)28(30-26)22-8-7-17(2)23(15-22)16-25-13-14-27(31-25)21-9-11-24(29)12-10-21;1-13-3-4-14(2)16(11-13)12-18-9-10-19(21-18)15-5-7-17(20)8-6-15;1-6-11-9(4)7(2)8(3)10(5)12-11;2-1-3;;;;;;;;;/h7-15,18-20,26,28H,6,16H2,1-5H3;3-11H,12H2,1-2H3;7-11H,6H2,1-5H3;3H,1H2;5*1H;2*1H2;;/q;;;;;;;;;;;+2;+3/p-7/t18-,19-,20+,26+,28+;;7-,8-,9+,10?,11-;;;;;;;;;;/m0.1........../s1. The van der Waals surface area contributed by atoms with Crippen molar-refractivity contribution in [3.63, 3.8) is 0 Å². The molecule has 2 aliphatic rings. The molecule has 423 valence electrons. The van der Waals surface area contributed by atoms with Crippen LogP contribution in [0.15, 0.2) is 109 Å². The summed E-state index contributed by atoms with van der Waals surface area (Å²) in [5, 5.41) is 0. The molecule has 2 nitrogen and oxygen atoms in total. The van der Waals surface area contributed by atoms with E-state index in [9.17, 15) is 8.78 Å². The van der Waals surface area contributed by atoms with Gasteiger partial charge in [-0.15, -0.1) is 22.7 Å². The van der Waals surface area contributed by atoms with E-state index >= 15 is 0 Å². The van der Waals surface area contributed by atoms with Crippen LogP contribution in [-0.2, 0) is 63.7 Å². The average molecular weight is 1880 g/mol. The van der Waals surface area contributed by atoms with Crippen molar-refractivity contribution in [3.05, 3.63) is 164 Å². The van der Waals surface area contributed by atoms with E-state index in [1.165, 1.54) is 77.2 Å². The van der Waals surface area contributed by atoms with Crippen LogP contribution in [0.4, 0.5) is 8.78 Å². The van der Waals surface area contributed by atoms with Gasteiger partial charge in [0.2, 0.25) is 0 Å². The largest absolute Gasteiger partial charge is 0.813 e. The van der Waals surface area contributed by atoms with Crippen LogP contribution in [0, 0.1) is 67.9 Å². The van der Waals surface area contributed by atoms with Crippen molar-refractivity contribution >= 4 is 185 Å². The number of thiol groups is 3. The molecule has 4 aromatic carbocycles. The van der Waals surface area contributed by atoms with Gasteiger partial charge in [-0.3, -0.25) is 0 Å². The predicted octanol–water partition coefficient (Wildman–Crippen LogP) is 22.3. The van der Waals surface area contributed by atoms with Crippen molar-refractivity contribution in [2.24, 2.45) is 35.5 Å². The quantitative estimate of drug-likeness (QED) is 0.0673. The summed E-state index contributed by atoms with van der Waals surface area (Å²) in [7, 11) is 0.628. The molecule has 2 fully saturated rings. The molecule has 76 heavy (non-hydrogen) atoms.